The molecule has 2 unspecified atom stereocenters. The van der Waals surface area contributed by atoms with E-state index < -0.39 is 0 Å². The van der Waals surface area contributed by atoms with Gasteiger partial charge in [-0.25, -0.2) is 0 Å². The van der Waals surface area contributed by atoms with E-state index in [1.165, 1.54) is 0 Å². The van der Waals surface area contributed by atoms with E-state index in [1.807, 2.05) is 18.2 Å². The molecular weight excluding hydrogens is 236 g/mol. The highest BCUT2D eigenvalue weighted by molar-refractivity contribution is 6.31. The lowest BCUT2D eigenvalue weighted by Gasteiger charge is -2.24. The molecule has 2 atom stereocenters. The summed E-state index contributed by atoms with van der Waals surface area (Å²) in [5.41, 5.74) is 6.77. The van der Waals surface area contributed by atoms with Crippen molar-refractivity contribution in [2.45, 2.75) is 32.4 Å². The fraction of sp³-hybridized carbons (Fsp3) is 0.538. The lowest BCUT2D eigenvalue weighted by molar-refractivity contribution is 0.390. The van der Waals surface area contributed by atoms with Crippen molar-refractivity contribution in [2.75, 3.05) is 13.7 Å². The number of nitrogens with two attached hydrogens (primary N) is 1. The van der Waals surface area contributed by atoms with Crippen LogP contribution in [-0.4, -0.2) is 19.7 Å². The number of rotatable bonds is 6. The Hall–Kier alpha value is -0.770. The lowest BCUT2D eigenvalue weighted by Crippen LogP contribution is -2.35. The fourth-order valence-corrected chi connectivity index (χ4v) is 2.06. The summed E-state index contributed by atoms with van der Waals surface area (Å²) in [6.07, 6.45) is 1.04. The zero-order valence-electron chi connectivity index (χ0n) is 10.7. The van der Waals surface area contributed by atoms with Crippen LogP contribution in [0.4, 0.5) is 0 Å². The molecule has 0 aliphatic rings. The highest BCUT2D eigenvalue weighted by atomic mass is 35.5. The largest absolute Gasteiger partial charge is 0.496 e. The van der Waals surface area contributed by atoms with Gasteiger partial charge >= 0.3 is 0 Å². The van der Waals surface area contributed by atoms with E-state index in [4.69, 9.17) is 22.1 Å². The summed E-state index contributed by atoms with van der Waals surface area (Å²) in [6.45, 7) is 4.76. The Morgan fingerprint density at radius 3 is 2.71 bits per heavy atom. The second-order valence-corrected chi connectivity index (χ2v) is 4.53. The predicted octanol–water partition coefficient (Wildman–Crippen LogP) is 2.74. The number of ether oxygens (including phenoxy) is 1. The highest BCUT2D eigenvalue weighted by Crippen LogP contribution is 2.31. The van der Waals surface area contributed by atoms with E-state index in [9.17, 15) is 0 Å². The maximum Gasteiger partial charge on any atom is 0.125 e. The number of hydrogen-bond acceptors (Lipinski definition) is 3. The maximum absolute atomic E-state index is 6.23. The molecule has 1 aromatic rings. The standard InChI is InChI=1S/C13H21ClN2O/c1-4-9(2)16-11(8-15)13-10(14)6-5-7-12(13)17-3/h5-7,9,11,16H,4,8,15H2,1-3H3. The molecule has 3 N–H and O–H groups in total. The molecule has 0 saturated heterocycles. The first-order valence-electron chi connectivity index (χ1n) is 5.92. The lowest BCUT2D eigenvalue weighted by atomic mass is 10.0. The van der Waals surface area contributed by atoms with Gasteiger partial charge in [0.15, 0.2) is 0 Å². The molecule has 0 aromatic heterocycles. The van der Waals surface area contributed by atoms with E-state index >= 15 is 0 Å². The van der Waals surface area contributed by atoms with Crippen molar-refractivity contribution in [3.8, 4) is 5.75 Å². The topological polar surface area (TPSA) is 47.3 Å². The second-order valence-electron chi connectivity index (χ2n) is 4.12. The SMILES string of the molecule is CCC(C)NC(CN)c1c(Cl)cccc1OC. The van der Waals surface area contributed by atoms with Crippen LogP contribution in [0.3, 0.4) is 0 Å². The highest BCUT2D eigenvalue weighted by Gasteiger charge is 2.19. The molecule has 96 valence electrons. The molecule has 3 nitrogen and oxygen atoms in total. The van der Waals surface area contributed by atoms with Crippen molar-refractivity contribution in [1.82, 2.24) is 5.32 Å². The molecule has 17 heavy (non-hydrogen) atoms. The van der Waals surface area contributed by atoms with Gasteiger partial charge in [-0.2, -0.15) is 0 Å². The maximum atomic E-state index is 6.23. The quantitative estimate of drug-likeness (QED) is 0.823. The summed E-state index contributed by atoms with van der Waals surface area (Å²) < 4.78 is 5.34. The van der Waals surface area contributed by atoms with Gasteiger partial charge in [-0.3, -0.25) is 0 Å². The van der Waals surface area contributed by atoms with Gasteiger partial charge in [-0.05, 0) is 25.5 Å². The van der Waals surface area contributed by atoms with Crippen LogP contribution < -0.4 is 15.8 Å². The Morgan fingerprint density at radius 2 is 2.18 bits per heavy atom. The number of benzene rings is 1. The average Bonchev–Trinajstić information content (AvgIpc) is 2.35. The Balaban J connectivity index is 3.02. The zero-order chi connectivity index (χ0) is 12.8. The second kappa shape index (κ2) is 6.84. The van der Waals surface area contributed by atoms with Gasteiger partial charge in [0.1, 0.15) is 5.75 Å². The minimum Gasteiger partial charge on any atom is -0.496 e. The molecule has 1 rings (SSSR count). The molecule has 0 saturated carbocycles. The van der Waals surface area contributed by atoms with Crippen LogP contribution in [0.15, 0.2) is 18.2 Å². The normalized spacial score (nSPS) is 14.4. The van der Waals surface area contributed by atoms with Crippen molar-refractivity contribution in [3.63, 3.8) is 0 Å². The van der Waals surface area contributed by atoms with Crippen molar-refractivity contribution in [3.05, 3.63) is 28.8 Å². The first kappa shape index (κ1) is 14.3. The third-order valence-electron chi connectivity index (χ3n) is 2.92. The zero-order valence-corrected chi connectivity index (χ0v) is 11.4. The number of halogens is 1. The molecule has 0 bridgehead atoms. The monoisotopic (exact) mass is 256 g/mol. The van der Waals surface area contributed by atoms with Crippen molar-refractivity contribution in [2.24, 2.45) is 5.73 Å². The summed E-state index contributed by atoms with van der Waals surface area (Å²) in [6, 6.07) is 6.06. The van der Waals surface area contributed by atoms with Gasteiger partial charge in [0.05, 0.1) is 7.11 Å². The van der Waals surface area contributed by atoms with Gasteiger partial charge in [0.2, 0.25) is 0 Å². The van der Waals surface area contributed by atoms with Crippen molar-refractivity contribution in [1.29, 1.82) is 0 Å². The summed E-state index contributed by atoms with van der Waals surface area (Å²) >= 11 is 6.23. The molecule has 0 spiro atoms. The summed E-state index contributed by atoms with van der Waals surface area (Å²) in [5.74, 6) is 0.781. The van der Waals surface area contributed by atoms with E-state index in [2.05, 4.69) is 19.2 Å². The first-order valence-corrected chi connectivity index (χ1v) is 6.30. The summed E-state index contributed by atoms with van der Waals surface area (Å²) in [7, 11) is 1.64. The average molecular weight is 257 g/mol. The number of hydrogen-bond donors (Lipinski definition) is 2. The molecule has 0 fully saturated rings. The van der Waals surface area contributed by atoms with Crippen LogP contribution in [0.5, 0.6) is 5.75 Å². The third-order valence-corrected chi connectivity index (χ3v) is 3.24. The van der Waals surface area contributed by atoms with Gasteiger partial charge < -0.3 is 15.8 Å². The van der Waals surface area contributed by atoms with E-state index in [-0.39, 0.29) is 6.04 Å². The van der Waals surface area contributed by atoms with Gasteiger partial charge in [0, 0.05) is 29.2 Å². The van der Waals surface area contributed by atoms with Crippen LogP contribution in [0, 0.1) is 0 Å². The minimum atomic E-state index is 0.0219. The molecule has 0 aliphatic heterocycles. The Bertz CT molecular complexity index is 357. The van der Waals surface area contributed by atoms with Gasteiger partial charge in [-0.15, -0.1) is 0 Å². The number of methoxy groups -OCH3 is 1. The molecule has 0 amide bonds. The van der Waals surface area contributed by atoms with Crippen molar-refractivity contribution >= 4 is 11.6 Å². The summed E-state index contributed by atoms with van der Waals surface area (Å²) in [5, 5.41) is 4.15. The van der Waals surface area contributed by atoms with Crippen LogP contribution >= 0.6 is 11.6 Å². The minimum absolute atomic E-state index is 0.0219. The van der Waals surface area contributed by atoms with Crippen LogP contribution in [0.2, 0.25) is 5.02 Å². The van der Waals surface area contributed by atoms with Gasteiger partial charge in [-0.1, -0.05) is 24.6 Å². The molecule has 0 radical (unpaired) electrons. The van der Waals surface area contributed by atoms with E-state index in [0.717, 1.165) is 17.7 Å². The predicted molar refractivity (Wildman–Crippen MR) is 72.7 cm³/mol. The van der Waals surface area contributed by atoms with Crippen LogP contribution in [0.1, 0.15) is 31.9 Å². The smallest absolute Gasteiger partial charge is 0.125 e. The van der Waals surface area contributed by atoms with Gasteiger partial charge in [0.25, 0.3) is 0 Å². The Kier molecular flexibility index (Phi) is 5.75. The van der Waals surface area contributed by atoms with Crippen LogP contribution in [0.25, 0.3) is 0 Å². The molecule has 0 heterocycles. The molecular formula is C13H21ClN2O. The Labute approximate surface area is 108 Å². The fourth-order valence-electron chi connectivity index (χ4n) is 1.76. The van der Waals surface area contributed by atoms with E-state index in [1.54, 1.807) is 7.11 Å². The molecule has 0 aliphatic carbocycles. The molecule has 1 aromatic carbocycles. The Morgan fingerprint density at radius 1 is 1.47 bits per heavy atom. The summed E-state index contributed by atoms with van der Waals surface area (Å²) in [4.78, 5) is 0. The molecule has 4 heteroatoms. The van der Waals surface area contributed by atoms with E-state index in [0.29, 0.717) is 17.6 Å². The van der Waals surface area contributed by atoms with Crippen LogP contribution in [-0.2, 0) is 0 Å². The van der Waals surface area contributed by atoms with Crippen molar-refractivity contribution < 1.29 is 4.74 Å². The number of nitrogens with one attached hydrogen (secondary N) is 1. The third kappa shape index (κ3) is 3.60. The first-order chi connectivity index (χ1) is 8.13.